The van der Waals surface area contributed by atoms with Crippen LogP contribution in [-0.4, -0.2) is 59.3 Å². The lowest BCUT2D eigenvalue weighted by atomic mass is 9.91. The first-order valence-corrected chi connectivity index (χ1v) is 10.9. The minimum atomic E-state index is -0.148. The third-order valence-corrected chi connectivity index (χ3v) is 4.63. The molecule has 166 valence electrons. The minimum absolute atomic E-state index is 0.0958. The van der Waals surface area contributed by atoms with Gasteiger partial charge in [-0.2, -0.15) is 5.06 Å². The van der Waals surface area contributed by atoms with E-state index in [0.29, 0.717) is 19.1 Å². The van der Waals surface area contributed by atoms with E-state index in [1.807, 2.05) is 17.2 Å². The van der Waals surface area contributed by atoms with Gasteiger partial charge in [0.25, 0.3) is 0 Å². The molecule has 2 aliphatic rings. The van der Waals surface area contributed by atoms with E-state index in [2.05, 4.69) is 58.4 Å². The van der Waals surface area contributed by atoms with E-state index in [1.165, 1.54) is 0 Å². The molecule has 1 aromatic heterocycles. The summed E-state index contributed by atoms with van der Waals surface area (Å²) in [4.78, 5) is 10.1. The van der Waals surface area contributed by atoms with Crippen molar-refractivity contribution < 1.29 is 19.0 Å². The van der Waals surface area contributed by atoms with Gasteiger partial charge in [-0.1, -0.05) is 5.92 Å². The summed E-state index contributed by atoms with van der Waals surface area (Å²) in [7, 11) is 0. The Balaban J connectivity index is 1.28. The monoisotopic (exact) mass is 416 g/mol. The zero-order valence-electron chi connectivity index (χ0n) is 19.2. The molecule has 0 spiro atoms. The average molecular weight is 417 g/mol. The van der Waals surface area contributed by atoms with Gasteiger partial charge < -0.3 is 14.2 Å². The second kappa shape index (κ2) is 9.65. The zero-order chi connectivity index (χ0) is 21.8. The van der Waals surface area contributed by atoms with Crippen LogP contribution in [0, 0.1) is 11.8 Å². The summed E-state index contributed by atoms with van der Waals surface area (Å²) in [5.74, 6) is 7.00. The molecule has 0 unspecified atom stereocenters. The van der Waals surface area contributed by atoms with E-state index in [4.69, 9.17) is 19.0 Å². The first-order valence-electron chi connectivity index (χ1n) is 10.9. The predicted molar refractivity (Wildman–Crippen MR) is 116 cm³/mol. The van der Waals surface area contributed by atoms with Crippen molar-refractivity contribution >= 4 is 0 Å². The van der Waals surface area contributed by atoms with E-state index in [0.717, 1.165) is 37.4 Å². The number of hydrogen-bond acceptors (Lipinski definition) is 6. The van der Waals surface area contributed by atoms with Crippen molar-refractivity contribution in [3.63, 3.8) is 0 Å². The van der Waals surface area contributed by atoms with E-state index < -0.39 is 0 Å². The molecule has 0 amide bonds. The molecule has 3 rings (SSSR count). The van der Waals surface area contributed by atoms with Crippen LogP contribution in [0.15, 0.2) is 18.3 Å². The Bertz CT molecular complexity index is 728. The van der Waals surface area contributed by atoms with E-state index in [1.54, 1.807) is 6.20 Å². The topological polar surface area (TPSA) is 53.0 Å². The molecular formula is C24H36N2O4. The van der Waals surface area contributed by atoms with Crippen molar-refractivity contribution in [1.29, 1.82) is 0 Å². The molecule has 1 saturated heterocycles. The Morgan fingerprint density at radius 1 is 1.00 bits per heavy atom. The predicted octanol–water partition coefficient (Wildman–Crippen LogP) is 3.98. The highest BCUT2D eigenvalue weighted by atomic mass is 16.7. The maximum atomic E-state index is 5.95. The first-order chi connectivity index (χ1) is 14.1. The Kier molecular flexibility index (Phi) is 7.41. The third-order valence-electron chi connectivity index (χ3n) is 4.63. The number of aromatic nitrogens is 1. The van der Waals surface area contributed by atoms with Crippen LogP contribution in [0.1, 0.15) is 66.5 Å². The maximum absolute atomic E-state index is 5.95. The minimum Gasteiger partial charge on any atom is -0.489 e. The summed E-state index contributed by atoms with van der Waals surface area (Å²) in [5, 5.41) is 1.95. The molecule has 0 bridgehead atoms. The summed E-state index contributed by atoms with van der Waals surface area (Å²) in [6.07, 6.45) is 5.04. The largest absolute Gasteiger partial charge is 0.489 e. The molecule has 1 aliphatic heterocycles. The van der Waals surface area contributed by atoms with Crippen molar-refractivity contribution in [2.45, 2.75) is 90.3 Å². The molecule has 0 N–H and O–H groups in total. The van der Waals surface area contributed by atoms with Gasteiger partial charge in [0.05, 0.1) is 49.3 Å². The van der Waals surface area contributed by atoms with Gasteiger partial charge >= 0.3 is 0 Å². The molecule has 1 saturated carbocycles. The Labute approximate surface area is 181 Å². The summed E-state index contributed by atoms with van der Waals surface area (Å²) in [6, 6.07) is 3.84. The van der Waals surface area contributed by atoms with Crippen LogP contribution in [0.25, 0.3) is 0 Å². The fourth-order valence-electron chi connectivity index (χ4n) is 3.32. The second-order valence-corrected chi connectivity index (χ2v) is 10.0. The van der Waals surface area contributed by atoms with Crippen molar-refractivity contribution in [3.8, 4) is 17.6 Å². The summed E-state index contributed by atoms with van der Waals surface area (Å²) in [6.45, 7) is 14.7. The average Bonchev–Trinajstić information content (AvgIpc) is 2.56. The number of nitrogens with zero attached hydrogens (tertiary/aromatic N) is 2. The number of ether oxygens (including phenoxy) is 3. The van der Waals surface area contributed by atoms with Crippen molar-refractivity contribution in [1.82, 2.24) is 10.0 Å². The third kappa shape index (κ3) is 7.88. The fourth-order valence-corrected chi connectivity index (χ4v) is 3.32. The van der Waals surface area contributed by atoms with Gasteiger partial charge in [-0.15, -0.1) is 0 Å². The van der Waals surface area contributed by atoms with Gasteiger partial charge in [-0.25, -0.2) is 4.98 Å². The molecule has 0 radical (unpaired) electrons. The highest BCUT2D eigenvalue weighted by Crippen LogP contribution is 2.31. The van der Waals surface area contributed by atoms with Crippen LogP contribution in [0.2, 0.25) is 0 Å². The molecule has 2 heterocycles. The highest BCUT2D eigenvalue weighted by molar-refractivity contribution is 5.31. The Morgan fingerprint density at radius 2 is 1.73 bits per heavy atom. The lowest BCUT2D eigenvalue weighted by molar-refractivity contribution is -0.290. The van der Waals surface area contributed by atoms with Crippen molar-refractivity contribution in [2.75, 3.05) is 19.7 Å². The van der Waals surface area contributed by atoms with Crippen molar-refractivity contribution in [3.05, 3.63) is 24.0 Å². The quantitative estimate of drug-likeness (QED) is 0.495. The van der Waals surface area contributed by atoms with Gasteiger partial charge in [0.1, 0.15) is 17.5 Å². The van der Waals surface area contributed by atoms with Crippen molar-refractivity contribution in [2.24, 2.45) is 0 Å². The van der Waals surface area contributed by atoms with Crippen LogP contribution in [0.3, 0.4) is 0 Å². The van der Waals surface area contributed by atoms with Gasteiger partial charge in [-0.3, -0.25) is 4.84 Å². The number of pyridine rings is 1. The smallest absolute Gasteiger partial charge is 0.138 e. The van der Waals surface area contributed by atoms with Crippen LogP contribution in [-0.2, 0) is 14.3 Å². The van der Waals surface area contributed by atoms with Gasteiger partial charge in [0, 0.05) is 19.3 Å². The van der Waals surface area contributed by atoms with E-state index in [9.17, 15) is 0 Å². The molecule has 2 fully saturated rings. The van der Waals surface area contributed by atoms with E-state index >= 15 is 0 Å². The SMILES string of the molecule is CC(C)(C)OC1CC(Oc2ccc(C#CCCOC3CN(OC(C)(C)C)C3)nc2)C1. The van der Waals surface area contributed by atoms with Crippen LogP contribution >= 0.6 is 0 Å². The van der Waals surface area contributed by atoms with Crippen LogP contribution < -0.4 is 4.74 Å². The molecule has 0 aromatic carbocycles. The normalized spacial score (nSPS) is 22.6. The molecular weight excluding hydrogens is 380 g/mol. The molecule has 1 aliphatic carbocycles. The summed E-state index contributed by atoms with van der Waals surface area (Å²) < 4.78 is 17.7. The van der Waals surface area contributed by atoms with Gasteiger partial charge in [-0.05, 0) is 59.6 Å². The molecule has 0 atom stereocenters. The number of rotatable bonds is 7. The molecule has 6 heteroatoms. The lowest BCUT2D eigenvalue weighted by Crippen LogP contribution is -2.54. The van der Waals surface area contributed by atoms with Crippen LogP contribution in [0.5, 0.6) is 5.75 Å². The standard InChI is InChI=1S/C24H36N2O4/c1-23(2,3)29-21-13-20(14-21)28-19-11-10-18(25-15-19)9-7-8-12-27-22-16-26(17-22)30-24(4,5)6/h10-11,15,20-22H,8,12-14,16-17H2,1-6H3. The summed E-state index contributed by atoms with van der Waals surface area (Å²) >= 11 is 0. The Hall–Kier alpha value is -1.65. The summed E-state index contributed by atoms with van der Waals surface area (Å²) in [5.41, 5.74) is 0.505. The first kappa shape index (κ1) is 23.0. The second-order valence-electron chi connectivity index (χ2n) is 10.0. The van der Waals surface area contributed by atoms with Gasteiger partial charge in [0.15, 0.2) is 0 Å². The number of hydroxylamine groups is 2. The van der Waals surface area contributed by atoms with E-state index in [-0.39, 0.29) is 23.4 Å². The molecule has 30 heavy (non-hydrogen) atoms. The molecule has 1 aromatic rings. The lowest BCUT2D eigenvalue weighted by Gasteiger charge is -2.41. The fraction of sp³-hybridized carbons (Fsp3) is 0.708. The highest BCUT2D eigenvalue weighted by Gasteiger charge is 2.34. The zero-order valence-corrected chi connectivity index (χ0v) is 19.2. The van der Waals surface area contributed by atoms with Crippen LogP contribution in [0.4, 0.5) is 0 Å². The number of hydrogen-bond donors (Lipinski definition) is 0. The van der Waals surface area contributed by atoms with Gasteiger partial charge in [0.2, 0.25) is 0 Å². The molecule has 6 nitrogen and oxygen atoms in total. The maximum Gasteiger partial charge on any atom is 0.138 e. The Morgan fingerprint density at radius 3 is 2.33 bits per heavy atom.